The van der Waals surface area contributed by atoms with Crippen LogP contribution in [0.2, 0.25) is 0 Å². The van der Waals surface area contributed by atoms with Gasteiger partial charge in [-0.05, 0) is 30.5 Å². The molecule has 1 aromatic rings. The van der Waals surface area contributed by atoms with E-state index in [0.29, 0.717) is 11.5 Å². The molecule has 0 bridgehead atoms. The first kappa shape index (κ1) is 14.6. The molecule has 0 aliphatic heterocycles. The van der Waals surface area contributed by atoms with E-state index in [0.717, 1.165) is 23.7 Å². The van der Waals surface area contributed by atoms with Gasteiger partial charge in [-0.1, -0.05) is 42.6 Å². The van der Waals surface area contributed by atoms with Crippen molar-refractivity contribution < 1.29 is 4.39 Å². The Hall–Kier alpha value is -0.450. The van der Waals surface area contributed by atoms with Crippen LogP contribution in [0, 0.1) is 11.7 Å². The predicted molar refractivity (Wildman–Crippen MR) is 72.9 cm³/mol. The number of hydrogen-bond donors (Lipinski definition) is 2. The van der Waals surface area contributed by atoms with Crippen LogP contribution < -0.4 is 11.3 Å². The number of hydrazine groups is 1. The molecule has 0 aliphatic rings. The summed E-state index contributed by atoms with van der Waals surface area (Å²) in [5, 5.41) is 0. The molecule has 96 valence electrons. The average Bonchev–Trinajstić information content (AvgIpc) is 2.28. The van der Waals surface area contributed by atoms with Crippen LogP contribution in [0.1, 0.15) is 44.7 Å². The van der Waals surface area contributed by atoms with Crippen LogP contribution in [-0.2, 0) is 0 Å². The molecule has 1 unspecified atom stereocenters. The normalized spacial score (nSPS) is 13.1. The van der Waals surface area contributed by atoms with E-state index < -0.39 is 0 Å². The molecule has 1 aromatic carbocycles. The van der Waals surface area contributed by atoms with E-state index in [9.17, 15) is 4.39 Å². The highest BCUT2D eigenvalue weighted by Gasteiger charge is 2.14. The van der Waals surface area contributed by atoms with Crippen molar-refractivity contribution in [3.8, 4) is 0 Å². The number of halogens is 2. The smallest absolute Gasteiger partial charge is 0.128 e. The Kier molecular flexibility index (Phi) is 6.09. The summed E-state index contributed by atoms with van der Waals surface area (Å²) in [6, 6.07) is 4.83. The summed E-state index contributed by atoms with van der Waals surface area (Å²) in [7, 11) is 0. The van der Waals surface area contributed by atoms with E-state index in [2.05, 4.69) is 35.2 Å². The molecule has 3 N–H and O–H groups in total. The Morgan fingerprint density at radius 1 is 1.35 bits per heavy atom. The molecule has 0 radical (unpaired) electrons. The standard InChI is InChI=1S/C13H20BrFN2/c1-9(2)4-3-5-13(17-16)11-8-10(14)6-7-12(11)15/h6-9,13,17H,3-5,16H2,1-2H3. The van der Waals surface area contributed by atoms with Gasteiger partial charge in [0.25, 0.3) is 0 Å². The van der Waals surface area contributed by atoms with Gasteiger partial charge < -0.3 is 0 Å². The van der Waals surface area contributed by atoms with E-state index >= 15 is 0 Å². The predicted octanol–water partition coefficient (Wildman–Crippen LogP) is 3.92. The lowest BCUT2D eigenvalue weighted by atomic mass is 9.98. The van der Waals surface area contributed by atoms with E-state index in [1.807, 2.05) is 0 Å². The van der Waals surface area contributed by atoms with Crippen LogP contribution in [-0.4, -0.2) is 0 Å². The van der Waals surface area contributed by atoms with Crippen molar-refractivity contribution in [2.75, 3.05) is 0 Å². The summed E-state index contributed by atoms with van der Waals surface area (Å²) < 4.78 is 14.5. The topological polar surface area (TPSA) is 38.0 Å². The first-order valence-electron chi connectivity index (χ1n) is 5.95. The third kappa shape index (κ3) is 4.74. The third-order valence-corrected chi connectivity index (χ3v) is 3.30. The van der Waals surface area contributed by atoms with Crippen LogP contribution in [0.15, 0.2) is 22.7 Å². The van der Waals surface area contributed by atoms with E-state index in [4.69, 9.17) is 5.84 Å². The van der Waals surface area contributed by atoms with Crippen molar-refractivity contribution in [2.24, 2.45) is 11.8 Å². The lowest BCUT2D eigenvalue weighted by molar-refractivity contribution is 0.440. The number of nitrogens with two attached hydrogens (primary N) is 1. The second-order valence-electron chi connectivity index (χ2n) is 4.71. The number of benzene rings is 1. The molecule has 0 saturated heterocycles. The maximum atomic E-state index is 13.7. The largest absolute Gasteiger partial charge is 0.271 e. The van der Waals surface area contributed by atoms with Crippen LogP contribution in [0.5, 0.6) is 0 Å². The molecule has 0 heterocycles. The Morgan fingerprint density at radius 2 is 2.06 bits per heavy atom. The summed E-state index contributed by atoms with van der Waals surface area (Å²) in [5.41, 5.74) is 3.33. The molecule has 0 aromatic heterocycles. The summed E-state index contributed by atoms with van der Waals surface area (Å²) in [6.07, 6.45) is 3.02. The van der Waals surface area contributed by atoms with Crippen molar-refractivity contribution in [1.29, 1.82) is 0 Å². The van der Waals surface area contributed by atoms with Gasteiger partial charge in [0.05, 0.1) is 0 Å². The summed E-state index contributed by atoms with van der Waals surface area (Å²) >= 11 is 3.35. The molecule has 0 aliphatic carbocycles. The highest BCUT2D eigenvalue weighted by molar-refractivity contribution is 9.10. The van der Waals surface area contributed by atoms with Crippen molar-refractivity contribution in [1.82, 2.24) is 5.43 Å². The molecule has 0 spiro atoms. The van der Waals surface area contributed by atoms with Crippen LogP contribution >= 0.6 is 15.9 Å². The fourth-order valence-electron chi connectivity index (χ4n) is 1.84. The molecular formula is C13H20BrFN2. The van der Waals surface area contributed by atoms with E-state index in [1.165, 1.54) is 6.07 Å². The van der Waals surface area contributed by atoms with Crippen LogP contribution in [0.25, 0.3) is 0 Å². The van der Waals surface area contributed by atoms with Gasteiger partial charge in [0.2, 0.25) is 0 Å². The Morgan fingerprint density at radius 3 is 2.65 bits per heavy atom. The molecule has 2 nitrogen and oxygen atoms in total. The molecular weight excluding hydrogens is 283 g/mol. The number of rotatable bonds is 6. The van der Waals surface area contributed by atoms with Gasteiger partial charge in [-0.25, -0.2) is 4.39 Å². The molecule has 0 fully saturated rings. The maximum Gasteiger partial charge on any atom is 0.128 e. The first-order valence-corrected chi connectivity index (χ1v) is 6.75. The monoisotopic (exact) mass is 302 g/mol. The second kappa shape index (κ2) is 7.09. The molecule has 0 amide bonds. The van der Waals surface area contributed by atoms with Crippen molar-refractivity contribution in [3.05, 3.63) is 34.1 Å². The maximum absolute atomic E-state index is 13.7. The average molecular weight is 303 g/mol. The van der Waals surface area contributed by atoms with Gasteiger partial charge in [0, 0.05) is 16.1 Å². The van der Waals surface area contributed by atoms with Gasteiger partial charge in [0.15, 0.2) is 0 Å². The zero-order chi connectivity index (χ0) is 12.8. The van der Waals surface area contributed by atoms with E-state index in [-0.39, 0.29) is 11.9 Å². The Balaban J connectivity index is 2.68. The fraction of sp³-hybridized carbons (Fsp3) is 0.538. The van der Waals surface area contributed by atoms with Crippen LogP contribution in [0.3, 0.4) is 0 Å². The molecule has 17 heavy (non-hydrogen) atoms. The SMILES string of the molecule is CC(C)CCCC(NN)c1cc(Br)ccc1F. The minimum absolute atomic E-state index is 0.119. The summed E-state index contributed by atoms with van der Waals surface area (Å²) in [4.78, 5) is 0. The van der Waals surface area contributed by atoms with Gasteiger partial charge in [0.1, 0.15) is 5.82 Å². The highest BCUT2D eigenvalue weighted by Crippen LogP contribution is 2.25. The van der Waals surface area contributed by atoms with Crippen molar-refractivity contribution in [3.63, 3.8) is 0 Å². The molecule has 0 saturated carbocycles. The summed E-state index contributed by atoms with van der Waals surface area (Å²) in [6.45, 7) is 4.37. The Labute approximate surface area is 111 Å². The number of nitrogens with one attached hydrogen (secondary N) is 1. The van der Waals surface area contributed by atoms with Gasteiger partial charge in [-0.3, -0.25) is 11.3 Å². The number of hydrogen-bond acceptors (Lipinski definition) is 2. The quantitative estimate of drug-likeness (QED) is 0.617. The van der Waals surface area contributed by atoms with Crippen molar-refractivity contribution >= 4 is 15.9 Å². The zero-order valence-electron chi connectivity index (χ0n) is 10.3. The summed E-state index contributed by atoms with van der Waals surface area (Å²) in [5.74, 6) is 5.97. The van der Waals surface area contributed by atoms with Crippen molar-refractivity contribution in [2.45, 2.75) is 39.2 Å². The minimum atomic E-state index is -0.208. The zero-order valence-corrected chi connectivity index (χ0v) is 11.9. The second-order valence-corrected chi connectivity index (χ2v) is 5.63. The lowest BCUT2D eigenvalue weighted by Crippen LogP contribution is -2.28. The van der Waals surface area contributed by atoms with Gasteiger partial charge >= 0.3 is 0 Å². The fourth-order valence-corrected chi connectivity index (χ4v) is 2.22. The Bertz CT molecular complexity index is 355. The molecule has 1 rings (SSSR count). The first-order chi connectivity index (χ1) is 8.04. The molecule has 4 heteroatoms. The molecule has 1 atom stereocenters. The van der Waals surface area contributed by atoms with Gasteiger partial charge in [-0.2, -0.15) is 0 Å². The van der Waals surface area contributed by atoms with E-state index in [1.54, 1.807) is 12.1 Å². The minimum Gasteiger partial charge on any atom is -0.271 e. The van der Waals surface area contributed by atoms with Crippen LogP contribution in [0.4, 0.5) is 4.39 Å². The van der Waals surface area contributed by atoms with Gasteiger partial charge in [-0.15, -0.1) is 0 Å². The lowest BCUT2D eigenvalue weighted by Gasteiger charge is -2.17. The third-order valence-electron chi connectivity index (χ3n) is 2.81. The highest BCUT2D eigenvalue weighted by atomic mass is 79.9.